The summed E-state index contributed by atoms with van der Waals surface area (Å²) in [5, 5.41) is 6.60. The molecule has 1 aromatic heterocycles. The van der Waals surface area contributed by atoms with E-state index in [1.165, 1.54) is 11.3 Å². The molecule has 0 unspecified atom stereocenters. The Bertz CT molecular complexity index is 208. The molecule has 0 saturated carbocycles. The number of nitrogens with one attached hydrogen (secondary N) is 1. The van der Waals surface area contributed by atoms with Gasteiger partial charge in [0.05, 0.1) is 0 Å². The summed E-state index contributed by atoms with van der Waals surface area (Å²) in [7, 11) is 0. The molecule has 1 rings (SSSR count). The molecule has 1 aromatic rings. The van der Waals surface area contributed by atoms with Crippen molar-refractivity contribution in [3.63, 3.8) is 0 Å². The number of rotatable bonds is 0. The second-order valence-corrected chi connectivity index (χ2v) is 2.65. The molecule has 0 aliphatic heterocycles. The minimum Gasteiger partial charge on any atom is -1.00 e. The molecule has 0 aromatic carbocycles. The summed E-state index contributed by atoms with van der Waals surface area (Å²) in [4.78, 5) is 0. The van der Waals surface area contributed by atoms with Crippen molar-refractivity contribution in [1.82, 2.24) is 10.2 Å². The maximum absolute atomic E-state index is 5.19. The van der Waals surface area contributed by atoms with Crippen LogP contribution in [-0.2, 0) is 0 Å². The Labute approximate surface area is 79.1 Å². The fraction of sp³-hybridized carbons (Fsp3) is 0. The van der Waals surface area contributed by atoms with Crippen molar-refractivity contribution in [2.45, 2.75) is 0 Å². The van der Waals surface area contributed by atoms with Crippen LogP contribution in [0.5, 0.6) is 0 Å². The number of nitrogen functional groups attached to an aromatic ring is 1. The number of H-pyrrole nitrogens is 1. The van der Waals surface area contributed by atoms with Gasteiger partial charge in [0.1, 0.15) is 0 Å². The molecule has 1 heterocycles. The first-order valence-corrected chi connectivity index (χ1v) is 2.82. The van der Waals surface area contributed by atoms with Gasteiger partial charge in [0.15, 0.2) is 3.95 Å². The van der Waals surface area contributed by atoms with Crippen molar-refractivity contribution >= 4 is 28.7 Å². The molecule has 0 bridgehead atoms. The molecule has 6 heteroatoms. The van der Waals surface area contributed by atoms with Crippen LogP contribution in [-0.4, -0.2) is 10.2 Å². The number of hydrogen-bond acceptors (Lipinski definition) is 4. The van der Waals surface area contributed by atoms with E-state index in [1.54, 1.807) is 0 Å². The van der Waals surface area contributed by atoms with E-state index < -0.39 is 0 Å². The van der Waals surface area contributed by atoms with Crippen LogP contribution in [0.4, 0.5) is 5.13 Å². The van der Waals surface area contributed by atoms with E-state index in [4.69, 9.17) is 5.73 Å². The normalized spacial score (nSPS) is 8.00. The van der Waals surface area contributed by atoms with Gasteiger partial charge in [0, 0.05) is 0 Å². The SMILES string of the molecule is Nc1n[nH]c(=S)s1.[H-].[Na+]. The minimum absolute atomic E-state index is 0. The molecule has 0 radical (unpaired) electrons. The maximum atomic E-state index is 5.19. The Balaban J connectivity index is 0. The molecule has 3 nitrogen and oxygen atoms in total. The molecule has 0 spiro atoms. The van der Waals surface area contributed by atoms with E-state index in [0.717, 1.165) is 0 Å². The van der Waals surface area contributed by atoms with Crippen LogP contribution in [0.3, 0.4) is 0 Å². The molecule has 0 atom stereocenters. The maximum Gasteiger partial charge on any atom is 1.00 e. The first-order valence-electron chi connectivity index (χ1n) is 1.60. The fourth-order valence-electron chi connectivity index (χ4n) is 0.241. The average molecular weight is 157 g/mol. The van der Waals surface area contributed by atoms with Gasteiger partial charge in [-0.1, -0.05) is 11.3 Å². The summed E-state index contributed by atoms with van der Waals surface area (Å²) in [6.07, 6.45) is 0. The van der Waals surface area contributed by atoms with Gasteiger partial charge in [-0.25, -0.2) is 0 Å². The predicted molar refractivity (Wildman–Crippen MR) is 32.8 cm³/mol. The number of nitrogens with zero attached hydrogens (tertiary/aromatic N) is 1. The van der Waals surface area contributed by atoms with E-state index in [-0.39, 0.29) is 31.0 Å². The number of nitrogens with two attached hydrogens (primary N) is 1. The molecule has 40 valence electrons. The van der Waals surface area contributed by atoms with Gasteiger partial charge in [-0.05, 0) is 12.2 Å². The number of anilines is 1. The van der Waals surface area contributed by atoms with Gasteiger partial charge in [0.25, 0.3) is 0 Å². The van der Waals surface area contributed by atoms with Gasteiger partial charge in [-0.3, -0.25) is 5.10 Å². The summed E-state index contributed by atoms with van der Waals surface area (Å²) in [6, 6.07) is 0. The molecule has 0 fully saturated rings. The van der Waals surface area contributed by atoms with Crippen LogP contribution in [0.2, 0.25) is 0 Å². The third kappa shape index (κ3) is 2.23. The third-order valence-electron chi connectivity index (χ3n) is 0.455. The quantitative estimate of drug-likeness (QED) is 0.335. The van der Waals surface area contributed by atoms with Crippen LogP contribution in [0, 0.1) is 3.95 Å². The molecule has 0 amide bonds. The topological polar surface area (TPSA) is 54.7 Å². The molecule has 0 saturated heterocycles. The second-order valence-electron chi connectivity index (χ2n) is 0.951. The second kappa shape index (κ2) is 3.58. The van der Waals surface area contributed by atoms with Crippen LogP contribution in [0.15, 0.2) is 0 Å². The summed E-state index contributed by atoms with van der Waals surface area (Å²) in [6.45, 7) is 0. The van der Waals surface area contributed by atoms with E-state index in [1.807, 2.05) is 0 Å². The van der Waals surface area contributed by atoms with E-state index >= 15 is 0 Å². The van der Waals surface area contributed by atoms with Gasteiger partial charge >= 0.3 is 29.6 Å². The Morgan fingerprint density at radius 1 is 1.88 bits per heavy atom. The Hall–Kier alpha value is 0.580. The average Bonchev–Trinajstić information content (AvgIpc) is 1.87. The first-order chi connectivity index (χ1) is 3.29. The van der Waals surface area contributed by atoms with Crippen molar-refractivity contribution in [2.24, 2.45) is 0 Å². The molecular weight excluding hydrogens is 153 g/mol. The minimum atomic E-state index is 0. The monoisotopic (exact) mass is 157 g/mol. The van der Waals surface area contributed by atoms with Crippen LogP contribution in [0.25, 0.3) is 0 Å². The molecule has 3 N–H and O–H groups in total. The van der Waals surface area contributed by atoms with Crippen molar-refractivity contribution in [3.05, 3.63) is 3.95 Å². The Kier molecular flexibility index (Phi) is 3.84. The Morgan fingerprint density at radius 2 is 2.50 bits per heavy atom. The van der Waals surface area contributed by atoms with Gasteiger partial charge in [0.2, 0.25) is 5.13 Å². The molecule has 0 aliphatic rings. The molecule has 8 heavy (non-hydrogen) atoms. The first kappa shape index (κ1) is 8.58. The smallest absolute Gasteiger partial charge is 1.00 e. The van der Waals surface area contributed by atoms with Gasteiger partial charge in [-0.2, -0.15) is 0 Å². The summed E-state index contributed by atoms with van der Waals surface area (Å²) in [5.41, 5.74) is 5.19. The summed E-state index contributed by atoms with van der Waals surface area (Å²) < 4.78 is 0.623. The molecular formula is C2H4N3NaS2. The van der Waals surface area contributed by atoms with Crippen LogP contribution >= 0.6 is 23.6 Å². The van der Waals surface area contributed by atoms with Crippen molar-refractivity contribution in [1.29, 1.82) is 0 Å². The Morgan fingerprint density at radius 3 is 2.62 bits per heavy atom. The largest absolute Gasteiger partial charge is 1.00 e. The van der Waals surface area contributed by atoms with Crippen LogP contribution < -0.4 is 35.3 Å². The van der Waals surface area contributed by atoms with Crippen molar-refractivity contribution in [2.75, 3.05) is 5.73 Å². The number of aromatic amines is 1. The zero-order valence-electron chi connectivity index (χ0n) is 5.34. The summed E-state index contributed by atoms with van der Waals surface area (Å²) in [5.74, 6) is 0. The zero-order chi connectivity index (χ0) is 5.28. The van der Waals surface area contributed by atoms with Crippen molar-refractivity contribution < 1.29 is 31.0 Å². The summed E-state index contributed by atoms with van der Waals surface area (Å²) >= 11 is 5.92. The number of aromatic nitrogens is 2. The van der Waals surface area contributed by atoms with E-state index in [0.29, 0.717) is 9.09 Å². The number of hydrogen-bond donors (Lipinski definition) is 2. The van der Waals surface area contributed by atoms with Gasteiger partial charge < -0.3 is 7.16 Å². The van der Waals surface area contributed by atoms with E-state index in [9.17, 15) is 0 Å². The molecule has 0 aliphatic carbocycles. The van der Waals surface area contributed by atoms with Crippen molar-refractivity contribution in [3.8, 4) is 0 Å². The van der Waals surface area contributed by atoms with Gasteiger partial charge in [-0.15, -0.1) is 5.10 Å². The predicted octanol–water partition coefficient (Wildman–Crippen LogP) is -2.10. The zero-order valence-corrected chi connectivity index (χ0v) is 7.97. The van der Waals surface area contributed by atoms with Crippen LogP contribution in [0.1, 0.15) is 1.43 Å². The fourth-order valence-corrected chi connectivity index (χ4v) is 0.916. The third-order valence-corrected chi connectivity index (χ3v) is 1.37. The standard InChI is InChI=1S/C2H3N3S2.Na.H/c3-1-4-5-2(6)7-1;;/h(H2,3,4)(H,5,6);;/q;+1;-1. The van der Waals surface area contributed by atoms with E-state index in [2.05, 4.69) is 22.4 Å².